The summed E-state index contributed by atoms with van der Waals surface area (Å²) >= 11 is 0. The molecule has 0 aromatic heterocycles. The number of hydrogen-bond acceptors (Lipinski definition) is 2. The van der Waals surface area contributed by atoms with Gasteiger partial charge in [-0.05, 0) is 105 Å². The summed E-state index contributed by atoms with van der Waals surface area (Å²) in [4.78, 5) is 12.7. The SMILES string of the molecule is C[C@@H](CO)CCC[C@@H](C)[C@H]1CC[C@H]2[C@@H]3CC=C4C(C)(C)C(=O)CC[C@]4(C)[C@H]3CC[C@]12C. The molecule has 4 aliphatic rings. The maximum atomic E-state index is 12.7. The van der Waals surface area contributed by atoms with Gasteiger partial charge in [0.2, 0.25) is 0 Å². The van der Waals surface area contributed by atoms with E-state index in [1.807, 2.05) is 0 Å². The van der Waals surface area contributed by atoms with E-state index in [0.29, 0.717) is 23.7 Å². The van der Waals surface area contributed by atoms with Crippen molar-refractivity contribution in [2.24, 2.45) is 51.8 Å². The Kier molecular flexibility index (Phi) is 6.30. The molecule has 4 aliphatic carbocycles. The molecule has 2 nitrogen and oxygen atoms in total. The molecule has 8 atom stereocenters. The molecule has 0 amide bonds. The Morgan fingerprint density at radius 3 is 2.48 bits per heavy atom. The van der Waals surface area contributed by atoms with E-state index < -0.39 is 0 Å². The molecule has 0 bridgehead atoms. The van der Waals surface area contributed by atoms with Gasteiger partial charge < -0.3 is 5.11 Å². The number of aliphatic hydroxyl groups is 1. The maximum absolute atomic E-state index is 12.7. The quantitative estimate of drug-likeness (QED) is 0.454. The van der Waals surface area contributed by atoms with Crippen molar-refractivity contribution in [1.82, 2.24) is 0 Å². The van der Waals surface area contributed by atoms with E-state index >= 15 is 0 Å². The zero-order chi connectivity index (χ0) is 22.6. The normalized spacial score (nSPS) is 43.5. The Morgan fingerprint density at radius 2 is 1.77 bits per heavy atom. The summed E-state index contributed by atoms with van der Waals surface area (Å²) < 4.78 is 0. The standard InChI is InChI=1S/C29H48O2/c1-19(18-30)8-7-9-20(2)22-11-12-23-21-10-13-25-27(3,4)26(31)15-17-29(25,6)24(21)14-16-28(22,23)5/h13,19-24,30H,7-12,14-18H2,1-6H3/t19-,20-,21+,22-,23+,24+,28-,29-/m1/s1. The van der Waals surface area contributed by atoms with Crippen molar-refractivity contribution >= 4 is 5.78 Å². The molecule has 1 N–H and O–H groups in total. The van der Waals surface area contributed by atoms with Gasteiger partial charge in [0.1, 0.15) is 5.78 Å². The van der Waals surface area contributed by atoms with Crippen LogP contribution in [-0.2, 0) is 4.79 Å². The van der Waals surface area contributed by atoms with Crippen molar-refractivity contribution in [3.8, 4) is 0 Å². The monoisotopic (exact) mass is 428 g/mol. The van der Waals surface area contributed by atoms with Crippen molar-refractivity contribution in [2.75, 3.05) is 6.61 Å². The average Bonchev–Trinajstić information content (AvgIpc) is 3.08. The van der Waals surface area contributed by atoms with E-state index in [0.717, 1.165) is 42.4 Å². The lowest BCUT2D eigenvalue weighted by Crippen LogP contribution is -2.53. The number of allylic oxidation sites excluding steroid dienone is 2. The molecule has 0 saturated heterocycles. The predicted molar refractivity (Wildman–Crippen MR) is 129 cm³/mol. The van der Waals surface area contributed by atoms with Gasteiger partial charge in [-0.25, -0.2) is 0 Å². The van der Waals surface area contributed by atoms with Crippen LogP contribution in [0.5, 0.6) is 0 Å². The van der Waals surface area contributed by atoms with E-state index in [1.54, 1.807) is 0 Å². The Hall–Kier alpha value is -0.630. The highest BCUT2D eigenvalue weighted by Crippen LogP contribution is 2.68. The second-order valence-electron chi connectivity index (χ2n) is 13.1. The summed E-state index contributed by atoms with van der Waals surface area (Å²) in [5, 5.41) is 9.34. The van der Waals surface area contributed by atoms with Crippen LogP contribution in [0.2, 0.25) is 0 Å². The molecule has 3 fully saturated rings. The molecule has 31 heavy (non-hydrogen) atoms. The number of hydrogen-bond donors (Lipinski definition) is 1. The lowest BCUT2D eigenvalue weighted by Gasteiger charge is -2.60. The molecule has 0 aromatic carbocycles. The van der Waals surface area contributed by atoms with Crippen LogP contribution in [0.25, 0.3) is 0 Å². The minimum atomic E-state index is -0.253. The molecule has 0 radical (unpaired) electrons. The van der Waals surface area contributed by atoms with Gasteiger partial charge in [-0.3, -0.25) is 4.79 Å². The summed E-state index contributed by atoms with van der Waals surface area (Å²) in [5.74, 6) is 5.04. The van der Waals surface area contributed by atoms with E-state index in [-0.39, 0.29) is 10.8 Å². The Morgan fingerprint density at radius 1 is 1.03 bits per heavy atom. The van der Waals surface area contributed by atoms with E-state index in [9.17, 15) is 9.90 Å². The van der Waals surface area contributed by atoms with Gasteiger partial charge in [0.25, 0.3) is 0 Å². The van der Waals surface area contributed by atoms with Crippen molar-refractivity contribution in [1.29, 1.82) is 0 Å². The lowest BCUT2D eigenvalue weighted by molar-refractivity contribution is -0.132. The molecule has 2 heteroatoms. The molecule has 0 spiro atoms. The maximum Gasteiger partial charge on any atom is 0.142 e. The largest absolute Gasteiger partial charge is 0.396 e. The van der Waals surface area contributed by atoms with Crippen LogP contribution in [-0.4, -0.2) is 17.5 Å². The lowest BCUT2D eigenvalue weighted by atomic mass is 9.44. The van der Waals surface area contributed by atoms with Gasteiger partial charge in [-0.2, -0.15) is 0 Å². The first kappa shape index (κ1) is 23.5. The van der Waals surface area contributed by atoms with Crippen molar-refractivity contribution in [3.05, 3.63) is 11.6 Å². The van der Waals surface area contributed by atoms with Crippen LogP contribution in [0.3, 0.4) is 0 Å². The van der Waals surface area contributed by atoms with Crippen LogP contribution in [0.15, 0.2) is 11.6 Å². The first-order valence-corrected chi connectivity index (χ1v) is 13.4. The summed E-state index contributed by atoms with van der Waals surface area (Å²) in [6.07, 6.45) is 14.9. The third kappa shape index (κ3) is 3.68. The first-order chi connectivity index (χ1) is 14.6. The molecular weight excluding hydrogens is 380 g/mol. The molecule has 0 aromatic rings. The van der Waals surface area contributed by atoms with E-state index in [2.05, 4.69) is 47.6 Å². The highest BCUT2D eigenvalue weighted by molar-refractivity contribution is 5.89. The van der Waals surface area contributed by atoms with E-state index in [4.69, 9.17) is 0 Å². The third-order valence-corrected chi connectivity index (χ3v) is 11.1. The van der Waals surface area contributed by atoms with Crippen LogP contribution < -0.4 is 0 Å². The second-order valence-corrected chi connectivity index (χ2v) is 13.1. The van der Waals surface area contributed by atoms with Gasteiger partial charge in [-0.15, -0.1) is 0 Å². The van der Waals surface area contributed by atoms with Crippen molar-refractivity contribution < 1.29 is 9.90 Å². The minimum absolute atomic E-state index is 0.242. The third-order valence-electron chi connectivity index (χ3n) is 11.1. The zero-order valence-electron chi connectivity index (χ0n) is 21.2. The number of carbonyl (C=O) groups is 1. The molecule has 0 heterocycles. The number of aliphatic hydroxyl groups excluding tert-OH is 1. The summed E-state index contributed by atoms with van der Waals surface area (Å²) in [7, 11) is 0. The number of ketones is 1. The fourth-order valence-corrected chi connectivity index (χ4v) is 9.28. The van der Waals surface area contributed by atoms with Gasteiger partial charge in [-0.1, -0.05) is 52.2 Å². The average molecular weight is 429 g/mol. The summed E-state index contributed by atoms with van der Waals surface area (Å²) in [6, 6.07) is 0. The van der Waals surface area contributed by atoms with Gasteiger partial charge in [0, 0.05) is 18.4 Å². The topological polar surface area (TPSA) is 37.3 Å². The van der Waals surface area contributed by atoms with Gasteiger partial charge >= 0.3 is 0 Å². The van der Waals surface area contributed by atoms with Crippen molar-refractivity contribution in [3.63, 3.8) is 0 Å². The Bertz CT molecular complexity index is 720. The predicted octanol–water partition coefficient (Wildman–Crippen LogP) is 7.21. The minimum Gasteiger partial charge on any atom is -0.396 e. The first-order valence-electron chi connectivity index (χ1n) is 13.4. The fourth-order valence-electron chi connectivity index (χ4n) is 9.28. The number of rotatable bonds is 6. The Balaban J connectivity index is 1.51. The van der Waals surface area contributed by atoms with Gasteiger partial charge in [0.15, 0.2) is 0 Å². The fraction of sp³-hybridized carbons (Fsp3) is 0.897. The summed E-state index contributed by atoms with van der Waals surface area (Å²) in [5.41, 5.74) is 1.98. The van der Waals surface area contributed by atoms with Crippen LogP contribution in [0.1, 0.15) is 106 Å². The highest BCUT2D eigenvalue weighted by atomic mass is 16.3. The molecular formula is C29H48O2. The highest BCUT2D eigenvalue weighted by Gasteiger charge is 2.61. The van der Waals surface area contributed by atoms with Crippen LogP contribution in [0.4, 0.5) is 0 Å². The van der Waals surface area contributed by atoms with Gasteiger partial charge in [0.05, 0.1) is 0 Å². The van der Waals surface area contributed by atoms with Crippen LogP contribution >= 0.6 is 0 Å². The number of fused-ring (bicyclic) bond motifs is 5. The Labute approximate surface area is 191 Å². The number of carbonyl (C=O) groups excluding carboxylic acids is 1. The smallest absolute Gasteiger partial charge is 0.142 e. The molecule has 0 unspecified atom stereocenters. The molecule has 3 saturated carbocycles. The van der Waals surface area contributed by atoms with Crippen molar-refractivity contribution in [2.45, 2.75) is 106 Å². The number of Topliss-reactive ketones (excluding diaryl/α,β-unsaturated/α-hetero) is 1. The second kappa shape index (κ2) is 8.30. The van der Waals surface area contributed by atoms with Crippen LogP contribution in [0, 0.1) is 51.8 Å². The molecule has 4 rings (SSSR count). The molecule has 176 valence electrons. The molecule has 0 aliphatic heterocycles. The zero-order valence-corrected chi connectivity index (χ0v) is 21.2. The summed E-state index contributed by atoms with van der Waals surface area (Å²) in [6.45, 7) is 14.6. The van der Waals surface area contributed by atoms with E-state index in [1.165, 1.54) is 56.9 Å².